The molecule has 3 rings (SSSR count). The molecule has 0 amide bonds. The molecule has 1 aromatic heterocycles. The van der Waals surface area contributed by atoms with E-state index in [4.69, 9.17) is 0 Å². The van der Waals surface area contributed by atoms with Crippen molar-refractivity contribution in [3.8, 4) is 0 Å². The average molecular weight is 275 g/mol. The van der Waals surface area contributed by atoms with Gasteiger partial charge in [-0.15, -0.1) is 11.3 Å². The first-order chi connectivity index (χ1) is 9.23. The summed E-state index contributed by atoms with van der Waals surface area (Å²) in [4.78, 5) is 0. The molecule has 0 radical (unpaired) electrons. The van der Waals surface area contributed by atoms with Crippen LogP contribution in [0.5, 0.6) is 0 Å². The van der Waals surface area contributed by atoms with E-state index in [0.29, 0.717) is 6.04 Å². The topological polar surface area (TPSA) is 32.3 Å². The Balaban J connectivity index is 1.87. The van der Waals surface area contributed by atoms with Gasteiger partial charge in [0, 0.05) is 16.3 Å². The Bertz CT molecular complexity index is 555. The van der Waals surface area contributed by atoms with Crippen LogP contribution in [0.25, 0.3) is 10.1 Å². The van der Waals surface area contributed by atoms with Gasteiger partial charge in [0.1, 0.15) is 0 Å². The lowest BCUT2D eigenvalue weighted by Gasteiger charge is -2.37. The van der Waals surface area contributed by atoms with Crippen molar-refractivity contribution in [3.63, 3.8) is 0 Å². The fraction of sp³-hybridized carbons (Fsp3) is 0.500. The van der Waals surface area contributed by atoms with Gasteiger partial charge in [0.15, 0.2) is 0 Å². The van der Waals surface area contributed by atoms with E-state index in [-0.39, 0.29) is 0 Å². The van der Waals surface area contributed by atoms with Crippen LogP contribution < -0.4 is 5.32 Å². The maximum Gasteiger partial charge on any atom is 0.0911 e. The second-order valence-electron chi connectivity index (χ2n) is 5.51. The summed E-state index contributed by atoms with van der Waals surface area (Å²) in [6.07, 6.45) is 3.85. The zero-order valence-electron chi connectivity index (χ0n) is 11.4. The SMILES string of the molecule is CCNC1CCC(O)(c2cccc3ccsc23)CC1. The average Bonchev–Trinajstić information content (AvgIpc) is 2.90. The molecule has 1 aliphatic carbocycles. The Hall–Kier alpha value is -0.900. The highest BCUT2D eigenvalue weighted by Gasteiger charge is 2.35. The van der Waals surface area contributed by atoms with E-state index in [1.54, 1.807) is 11.3 Å². The fourth-order valence-electron chi connectivity index (χ4n) is 3.22. The van der Waals surface area contributed by atoms with Crippen LogP contribution in [-0.4, -0.2) is 17.7 Å². The number of fused-ring (bicyclic) bond motifs is 1. The zero-order chi connectivity index (χ0) is 13.3. The summed E-state index contributed by atoms with van der Waals surface area (Å²) in [6.45, 7) is 3.16. The van der Waals surface area contributed by atoms with E-state index in [1.165, 1.54) is 10.1 Å². The van der Waals surface area contributed by atoms with Crippen LogP contribution >= 0.6 is 11.3 Å². The number of hydrogen-bond acceptors (Lipinski definition) is 3. The van der Waals surface area contributed by atoms with E-state index in [0.717, 1.165) is 37.8 Å². The van der Waals surface area contributed by atoms with Crippen LogP contribution in [-0.2, 0) is 5.60 Å². The molecule has 1 aromatic carbocycles. The van der Waals surface area contributed by atoms with Gasteiger partial charge in [-0.05, 0) is 49.1 Å². The van der Waals surface area contributed by atoms with Gasteiger partial charge in [-0.2, -0.15) is 0 Å². The zero-order valence-corrected chi connectivity index (χ0v) is 12.2. The van der Waals surface area contributed by atoms with Crippen LogP contribution in [0.3, 0.4) is 0 Å². The lowest BCUT2D eigenvalue weighted by molar-refractivity contribution is -0.00668. The molecule has 2 nitrogen and oxygen atoms in total. The molecule has 0 unspecified atom stereocenters. The van der Waals surface area contributed by atoms with Crippen molar-refractivity contribution in [2.24, 2.45) is 0 Å². The molecule has 0 aliphatic heterocycles. The standard InChI is InChI=1S/C16H21NOS/c1-2-17-13-6-9-16(18,10-7-13)14-5-3-4-12-8-11-19-15(12)14/h3-5,8,11,13,17-18H,2,6-7,9-10H2,1H3. The van der Waals surface area contributed by atoms with Gasteiger partial charge in [-0.1, -0.05) is 25.1 Å². The molecule has 1 fully saturated rings. The number of thiophene rings is 1. The molecule has 3 heteroatoms. The molecular weight excluding hydrogens is 254 g/mol. The minimum atomic E-state index is -0.629. The summed E-state index contributed by atoms with van der Waals surface area (Å²) >= 11 is 1.74. The molecule has 0 atom stereocenters. The third-order valence-electron chi connectivity index (χ3n) is 4.29. The summed E-state index contributed by atoms with van der Waals surface area (Å²) in [7, 11) is 0. The maximum absolute atomic E-state index is 11.0. The quantitative estimate of drug-likeness (QED) is 0.896. The Morgan fingerprint density at radius 3 is 2.84 bits per heavy atom. The lowest BCUT2D eigenvalue weighted by atomic mass is 9.77. The van der Waals surface area contributed by atoms with Crippen LogP contribution in [0.1, 0.15) is 38.2 Å². The number of nitrogens with one attached hydrogen (secondary N) is 1. The highest BCUT2D eigenvalue weighted by molar-refractivity contribution is 7.17. The fourth-order valence-corrected chi connectivity index (χ4v) is 4.22. The number of rotatable bonds is 3. The first kappa shape index (κ1) is 13.1. The van der Waals surface area contributed by atoms with Gasteiger partial charge in [0.25, 0.3) is 0 Å². The highest BCUT2D eigenvalue weighted by Crippen LogP contribution is 2.41. The predicted molar refractivity (Wildman–Crippen MR) is 81.7 cm³/mol. The van der Waals surface area contributed by atoms with Gasteiger partial charge in [-0.3, -0.25) is 0 Å². The molecule has 1 aliphatic rings. The van der Waals surface area contributed by atoms with Crippen molar-refractivity contribution in [2.75, 3.05) is 6.54 Å². The third-order valence-corrected chi connectivity index (χ3v) is 5.25. The van der Waals surface area contributed by atoms with Gasteiger partial charge in [-0.25, -0.2) is 0 Å². The number of benzene rings is 1. The second kappa shape index (κ2) is 5.23. The largest absolute Gasteiger partial charge is 0.385 e. The Morgan fingerprint density at radius 2 is 2.11 bits per heavy atom. The van der Waals surface area contributed by atoms with Gasteiger partial charge in [0.05, 0.1) is 5.60 Å². The second-order valence-corrected chi connectivity index (χ2v) is 6.42. The molecule has 0 spiro atoms. The van der Waals surface area contributed by atoms with Crippen molar-refractivity contribution in [1.82, 2.24) is 5.32 Å². The van der Waals surface area contributed by atoms with Crippen LogP contribution in [0.4, 0.5) is 0 Å². The number of hydrogen-bond donors (Lipinski definition) is 2. The first-order valence-electron chi connectivity index (χ1n) is 7.15. The molecular formula is C16H21NOS. The Kier molecular flexibility index (Phi) is 3.61. The summed E-state index contributed by atoms with van der Waals surface area (Å²) in [6, 6.07) is 9.01. The molecule has 1 heterocycles. The van der Waals surface area contributed by atoms with Crippen LogP contribution in [0.2, 0.25) is 0 Å². The van der Waals surface area contributed by atoms with Gasteiger partial charge >= 0.3 is 0 Å². The minimum Gasteiger partial charge on any atom is -0.385 e. The summed E-state index contributed by atoms with van der Waals surface area (Å²) in [5.74, 6) is 0. The molecule has 1 saturated carbocycles. The monoisotopic (exact) mass is 275 g/mol. The van der Waals surface area contributed by atoms with E-state index in [9.17, 15) is 5.11 Å². The van der Waals surface area contributed by atoms with Crippen molar-refractivity contribution in [3.05, 3.63) is 35.2 Å². The summed E-state index contributed by atoms with van der Waals surface area (Å²) in [5, 5.41) is 17.9. The van der Waals surface area contributed by atoms with E-state index in [1.807, 2.05) is 0 Å². The normalized spacial score (nSPS) is 27.8. The Morgan fingerprint density at radius 1 is 1.32 bits per heavy atom. The van der Waals surface area contributed by atoms with E-state index in [2.05, 4.69) is 41.9 Å². The molecule has 0 bridgehead atoms. The Labute approximate surface area is 118 Å². The van der Waals surface area contributed by atoms with Crippen molar-refractivity contribution in [2.45, 2.75) is 44.2 Å². The van der Waals surface area contributed by atoms with Crippen molar-refractivity contribution < 1.29 is 5.11 Å². The van der Waals surface area contributed by atoms with Crippen molar-refractivity contribution in [1.29, 1.82) is 0 Å². The van der Waals surface area contributed by atoms with Crippen LogP contribution in [0, 0.1) is 0 Å². The summed E-state index contributed by atoms with van der Waals surface area (Å²) < 4.78 is 1.26. The molecule has 0 saturated heterocycles. The van der Waals surface area contributed by atoms with Crippen molar-refractivity contribution >= 4 is 21.4 Å². The lowest BCUT2D eigenvalue weighted by Crippen LogP contribution is -2.39. The predicted octanol–water partition coefficient (Wildman–Crippen LogP) is 3.64. The molecule has 2 N–H and O–H groups in total. The van der Waals surface area contributed by atoms with E-state index < -0.39 is 5.60 Å². The molecule has 2 aromatic rings. The first-order valence-corrected chi connectivity index (χ1v) is 8.03. The smallest absolute Gasteiger partial charge is 0.0911 e. The minimum absolute atomic E-state index is 0.577. The molecule has 102 valence electrons. The number of aliphatic hydroxyl groups is 1. The summed E-state index contributed by atoms with van der Waals surface area (Å²) in [5.41, 5.74) is 0.506. The highest BCUT2D eigenvalue weighted by atomic mass is 32.1. The molecule has 19 heavy (non-hydrogen) atoms. The maximum atomic E-state index is 11.0. The van der Waals surface area contributed by atoms with E-state index >= 15 is 0 Å². The third kappa shape index (κ3) is 2.42. The van der Waals surface area contributed by atoms with Gasteiger partial charge in [0.2, 0.25) is 0 Å². The van der Waals surface area contributed by atoms with Gasteiger partial charge < -0.3 is 10.4 Å². The van der Waals surface area contributed by atoms with Crippen LogP contribution in [0.15, 0.2) is 29.6 Å².